The number of hydrogen-bond acceptors (Lipinski definition) is 6. The number of ketones is 1. The number of anilines is 1. The van der Waals surface area contributed by atoms with Crippen LogP contribution in [0.3, 0.4) is 0 Å². The Hall–Kier alpha value is -3.73. The molecule has 2 atom stereocenters. The lowest BCUT2D eigenvalue weighted by atomic mass is 10.0. The second-order valence-corrected chi connectivity index (χ2v) is 9.44. The molecule has 184 valence electrons. The first-order chi connectivity index (χ1) is 16.8. The number of carbonyl (C=O) groups excluding carboxylic acids is 5. The van der Waals surface area contributed by atoms with Crippen LogP contribution in [0.2, 0.25) is 0 Å². The Morgan fingerprint density at radius 1 is 1.09 bits per heavy atom. The number of Topliss-reactive ketones (excluding diaryl/α,β-unsaturated/α-hetero) is 1. The predicted molar refractivity (Wildman–Crippen MR) is 130 cm³/mol. The lowest BCUT2D eigenvalue weighted by Crippen LogP contribution is -2.64. The fraction of sp³-hybridized carbons (Fsp3) is 0.375. The average molecular weight is 498 g/mol. The van der Waals surface area contributed by atoms with Crippen LogP contribution in [0.25, 0.3) is 0 Å². The van der Waals surface area contributed by atoms with Crippen LogP contribution in [0.15, 0.2) is 41.8 Å². The minimum atomic E-state index is -0.945. The Kier molecular flexibility index (Phi) is 7.45. The van der Waals surface area contributed by atoms with E-state index in [9.17, 15) is 24.0 Å². The third-order valence-corrected chi connectivity index (χ3v) is 6.97. The van der Waals surface area contributed by atoms with Gasteiger partial charge in [-0.25, -0.2) is 4.79 Å². The number of carbonyl (C=O) groups is 5. The summed E-state index contributed by atoms with van der Waals surface area (Å²) in [5.74, 6) is -1.08. The number of amides is 5. The van der Waals surface area contributed by atoms with Crippen molar-refractivity contribution >= 4 is 46.6 Å². The molecule has 0 spiro atoms. The maximum atomic E-state index is 13.3. The SMILES string of the molecule is CC(=O)c1ccc(NC(=O)N2CCN(C(=O)c3cccs3)[C@@H](C(=O)N[C@H]3CCCNC3=O)C2)cc1. The first-order valence-corrected chi connectivity index (χ1v) is 12.3. The quantitative estimate of drug-likeness (QED) is 0.542. The molecule has 3 heterocycles. The second-order valence-electron chi connectivity index (χ2n) is 8.50. The molecule has 0 saturated carbocycles. The molecule has 5 amide bonds. The number of nitrogens with zero attached hydrogens (tertiary/aromatic N) is 2. The molecule has 11 heteroatoms. The summed E-state index contributed by atoms with van der Waals surface area (Å²) < 4.78 is 0. The minimum absolute atomic E-state index is 0.0192. The maximum Gasteiger partial charge on any atom is 0.321 e. The van der Waals surface area contributed by atoms with E-state index in [2.05, 4.69) is 16.0 Å². The zero-order valence-corrected chi connectivity index (χ0v) is 20.1. The molecule has 1 aromatic heterocycles. The van der Waals surface area contributed by atoms with Gasteiger partial charge in [0.25, 0.3) is 5.91 Å². The lowest BCUT2D eigenvalue weighted by Gasteiger charge is -2.40. The van der Waals surface area contributed by atoms with Crippen LogP contribution in [0.5, 0.6) is 0 Å². The highest BCUT2D eigenvalue weighted by Crippen LogP contribution is 2.20. The van der Waals surface area contributed by atoms with Gasteiger partial charge in [-0.2, -0.15) is 0 Å². The number of benzene rings is 1. The predicted octanol–water partition coefficient (Wildman–Crippen LogP) is 1.70. The summed E-state index contributed by atoms with van der Waals surface area (Å²) in [6.45, 7) is 2.42. The molecular formula is C24H27N5O5S. The van der Waals surface area contributed by atoms with Gasteiger partial charge >= 0.3 is 6.03 Å². The van der Waals surface area contributed by atoms with Crippen molar-refractivity contribution in [3.63, 3.8) is 0 Å². The zero-order chi connectivity index (χ0) is 24.9. The van der Waals surface area contributed by atoms with Crippen LogP contribution in [0.4, 0.5) is 10.5 Å². The topological polar surface area (TPSA) is 128 Å². The highest BCUT2D eigenvalue weighted by atomic mass is 32.1. The van der Waals surface area contributed by atoms with Crippen molar-refractivity contribution in [2.75, 3.05) is 31.5 Å². The summed E-state index contributed by atoms with van der Waals surface area (Å²) in [5.41, 5.74) is 1.05. The molecule has 10 nitrogen and oxygen atoms in total. The summed E-state index contributed by atoms with van der Waals surface area (Å²) in [6, 6.07) is 7.95. The monoisotopic (exact) mass is 497 g/mol. The third kappa shape index (κ3) is 5.68. The van der Waals surface area contributed by atoms with E-state index >= 15 is 0 Å². The highest BCUT2D eigenvalue weighted by Gasteiger charge is 2.39. The van der Waals surface area contributed by atoms with Gasteiger partial charge in [-0.15, -0.1) is 11.3 Å². The minimum Gasteiger partial charge on any atom is -0.354 e. The number of piperidine rings is 1. The van der Waals surface area contributed by atoms with Crippen molar-refractivity contribution in [1.82, 2.24) is 20.4 Å². The first kappa shape index (κ1) is 24.4. The number of thiophene rings is 1. The fourth-order valence-electron chi connectivity index (χ4n) is 4.15. The van der Waals surface area contributed by atoms with Gasteiger partial charge < -0.3 is 25.8 Å². The van der Waals surface area contributed by atoms with E-state index in [1.807, 2.05) is 0 Å². The van der Waals surface area contributed by atoms with Crippen molar-refractivity contribution in [3.8, 4) is 0 Å². The Morgan fingerprint density at radius 2 is 1.86 bits per heavy atom. The lowest BCUT2D eigenvalue weighted by molar-refractivity contribution is -0.133. The van der Waals surface area contributed by atoms with E-state index in [1.165, 1.54) is 28.1 Å². The van der Waals surface area contributed by atoms with Gasteiger partial charge in [-0.1, -0.05) is 6.07 Å². The van der Waals surface area contributed by atoms with E-state index in [0.717, 1.165) is 6.42 Å². The maximum absolute atomic E-state index is 13.3. The van der Waals surface area contributed by atoms with Gasteiger partial charge in [-0.3, -0.25) is 19.2 Å². The number of hydrogen-bond donors (Lipinski definition) is 3. The number of urea groups is 1. The van der Waals surface area contributed by atoms with Crippen molar-refractivity contribution in [2.45, 2.75) is 31.8 Å². The molecule has 0 unspecified atom stereocenters. The van der Waals surface area contributed by atoms with Gasteiger partial charge in [0, 0.05) is 30.9 Å². The van der Waals surface area contributed by atoms with Crippen molar-refractivity contribution < 1.29 is 24.0 Å². The van der Waals surface area contributed by atoms with Crippen molar-refractivity contribution in [3.05, 3.63) is 52.2 Å². The molecule has 0 radical (unpaired) electrons. The Labute approximate surface area is 206 Å². The molecule has 35 heavy (non-hydrogen) atoms. The van der Waals surface area contributed by atoms with E-state index in [0.29, 0.717) is 29.1 Å². The molecule has 2 saturated heterocycles. The summed E-state index contributed by atoms with van der Waals surface area (Å²) in [7, 11) is 0. The summed E-state index contributed by atoms with van der Waals surface area (Å²) >= 11 is 1.28. The van der Waals surface area contributed by atoms with E-state index in [1.54, 1.807) is 41.8 Å². The summed E-state index contributed by atoms with van der Waals surface area (Å²) in [6.07, 6.45) is 1.26. The highest BCUT2D eigenvalue weighted by molar-refractivity contribution is 7.12. The number of piperazine rings is 1. The Balaban J connectivity index is 1.48. The van der Waals surface area contributed by atoms with Crippen LogP contribution < -0.4 is 16.0 Å². The molecule has 2 aliphatic heterocycles. The van der Waals surface area contributed by atoms with Gasteiger partial charge in [0.05, 0.1) is 11.4 Å². The largest absolute Gasteiger partial charge is 0.354 e. The van der Waals surface area contributed by atoms with Crippen LogP contribution in [0, 0.1) is 0 Å². The summed E-state index contributed by atoms with van der Waals surface area (Å²) in [5, 5.41) is 10.1. The average Bonchev–Trinajstić information content (AvgIpc) is 3.40. The summed E-state index contributed by atoms with van der Waals surface area (Å²) in [4.78, 5) is 66.4. The molecule has 0 bridgehead atoms. The zero-order valence-electron chi connectivity index (χ0n) is 19.3. The van der Waals surface area contributed by atoms with Gasteiger partial charge in [0.1, 0.15) is 12.1 Å². The molecular weight excluding hydrogens is 470 g/mol. The molecule has 2 aliphatic rings. The molecule has 2 aromatic rings. The fourth-order valence-corrected chi connectivity index (χ4v) is 4.82. The molecule has 2 fully saturated rings. The van der Waals surface area contributed by atoms with E-state index < -0.39 is 24.0 Å². The first-order valence-electron chi connectivity index (χ1n) is 11.4. The van der Waals surface area contributed by atoms with Gasteiger partial charge in [-0.05, 0) is 55.5 Å². The van der Waals surface area contributed by atoms with Gasteiger partial charge in [0.15, 0.2) is 5.78 Å². The van der Waals surface area contributed by atoms with Crippen LogP contribution in [0.1, 0.15) is 39.8 Å². The smallest absolute Gasteiger partial charge is 0.321 e. The number of rotatable bonds is 5. The second kappa shape index (κ2) is 10.7. The van der Waals surface area contributed by atoms with Crippen LogP contribution in [-0.4, -0.2) is 77.6 Å². The molecule has 0 aliphatic carbocycles. The normalized spacial score (nSPS) is 20.1. The number of nitrogens with one attached hydrogen (secondary N) is 3. The van der Waals surface area contributed by atoms with Crippen molar-refractivity contribution in [1.29, 1.82) is 0 Å². The molecule has 3 N–H and O–H groups in total. The van der Waals surface area contributed by atoms with Crippen molar-refractivity contribution in [2.24, 2.45) is 0 Å². The van der Waals surface area contributed by atoms with Gasteiger partial charge in [0.2, 0.25) is 11.8 Å². The standard InChI is InChI=1S/C24H27N5O5S/c1-15(30)16-6-8-17(9-7-16)26-24(34)28-11-12-29(23(33)20-5-3-13-35-20)19(14-28)22(32)27-18-4-2-10-25-21(18)31/h3,5-9,13,18-19H,2,4,10-12,14H2,1H3,(H,25,31)(H,26,34)(H,27,32)/t18-,19+/m0/s1. The van der Waals surface area contributed by atoms with Crippen LogP contribution in [-0.2, 0) is 9.59 Å². The van der Waals surface area contributed by atoms with E-state index in [4.69, 9.17) is 0 Å². The Bertz CT molecular complexity index is 1120. The molecule has 4 rings (SSSR count). The van der Waals surface area contributed by atoms with Crippen LogP contribution >= 0.6 is 11.3 Å². The molecule has 1 aromatic carbocycles. The Morgan fingerprint density at radius 3 is 2.51 bits per heavy atom. The third-order valence-electron chi connectivity index (χ3n) is 6.11. The van der Waals surface area contributed by atoms with E-state index in [-0.39, 0.29) is 37.2 Å².